The molecule has 8 heteroatoms. The van der Waals surface area contributed by atoms with E-state index in [-0.39, 0.29) is 21.7 Å². The second kappa shape index (κ2) is 8.05. The lowest BCUT2D eigenvalue weighted by Crippen LogP contribution is -2.40. The molecule has 0 aliphatic heterocycles. The molecule has 2 rings (SSSR count). The van der Waals surface area contributed by atoms with Crippen molar-refractivity contribution in [2.75, 3.05) is 20.3 Å². The van der Waals surface area contributed by atoms with E-state index in [0.717, 1.165) is 6.92 Å². The van der Waals surface area contributed by atoms with Gasteiger partial charge in [-0.25, -0.2) is 17.6 Å². The molecule has 154 valence electrons. The van der Waals surface area contributed by atoms with Crippen molar-refractivity contribution in [1.82, 2.24) is 0 Å². The summed E-state index contributed by atoms with van der Waals surface area (Å²) >= 11 is 11.4. The minimum absolute atomic E-state index is 0.0107. The van der Waals surface area contributed by atoms with Crippen LogP contribution in [0.4, 0.5) is 17.6 Å². The molecular weight excluding hydrogens is 407 g/mol. The van der Waals surface area contributed by atoms with Crippen molar-refractivity contribution in [3.05, 3.63) is 33.6 Å². The zero-order chi connectivity index (χ0) is 20.7. The van der Waals surface area contributed by atoms with E-state index in [1.165, 1.54) is 7.11 Å². The molecule has 1 fully saturated rings. The van der Waals surface area contributed by atoms with Gasteiger partial charge in [0.2, 0.25) is 0 Å². The van der Waals surface area contributed by atoms with Gasteiger partial charge in [-0.2, -0.15) is 0 Å². The molecule has 0 radical (unpaired) electrons. The molecule has 2 aliphatic carbocycles. The lowest BCUT2D eigenvalue weighted by Gasteiger charge is -2.35. The Kier molecular flexibility index (Phi) is 6.78. The van der Waals surface area contributed by atoms with E-state index in [0.29, 0.717) is 0 Å². The normalized spacial score (nSPS) is 34.0. The summed E-state index contributed by atoms with van der Waals surface area (Å²) in [5.41, 5.74) is -2.99. The summed E-state index contributed by atoms with van der Waals surface area (Å²) in [6, 6.07) is 0. The standard InChI is InChI=1S/C19H24Cl2F4O2/c1-9(13-11(6-12(20)21)18(13,2)3)27-8-19(4)16(24)14(22)10(7-26-5)15(23)17(19)25/h6,9,11,13,16H,7-8H2,1-5H3. The topological polar surface area (TPSA) is 18.5 Å². The Morgan fingerprint density at radius 2 is 1.81 bits per heavy atom. The van der Waals surface area contributed by atoms with Crippen molar-refractivity contribution in [2.45, 2.75) is 40.0 Å². The molecule has 0 saturated heterocycles. The van der Waals surface area contributed by atoms with Gasteiger partial charge in [0.1, 0.15) is 16.1 Å². The molecular formula is C19H24Cl2F4O2. The van der Waals surface area contributed by atoms with E-state index in [1.807, 2.05) is 13.8 Å². The van der Waals surface area contributed by atoms with E-state index < -0.39 is 54.0 Å². The maximum Gasteiger partial charge on any atom is 0.166 e. The predicted molar refractivity (Wildman–Crippen MR) is 98.2 cm³/mol. The van der Waals surface area contributed by atoms with Gasteiger partial charge in [0, 0.05) is 7.11 Å². The van der Waals surface area contributed by atoms with Crippen LogP contribution >= 0.6 is 23.2 Å². The number of methoxy groups -OCH3 is 1. The Labute approximate surface area is 167 Å². The highest BCUT2D eigenvalue weighted by molar-refractivity contribution is 6.55. The maximum atomic E-state index is 14.6. The zero-order valence-electron chi connectivity index (χ0n) is 15.9. The summed E-state index contributed by atoms with van der Waals surface area (Å²) in [6.45, 7) is 5.78. The highest BCUT2D eigenvalue weighted by atomic mass is 35.5. The number of hydrogen-bond acceptors (Lipinski definition) is 2. The highest BCUT2D eigenvalue weighted by Crippen LogP contribution is 2.62. The van der Waals surface area contributed by atoms with Gasteiger partial charge in [0.15, 0.2) is 12.0 Å². The summed E-state index contributed by atoms with van der Waals surface area (Å²) in [5.74, 6) is -4.11. The molecule has 5 atom stereocenters. The quantitative estimate of drug-likeness (QED) is 0.437. The SMILES string of the molecule is COCC1=C(F)C(F)C(C)(COC(C)C2C(C=C(Cl)Cl)C2(C)C)C(F)=C1F. The number of alkyl halides is 1. The Morgan fingerprint density at radius 1 is 1.22 bits per heavy atom. The third kappa shape index (κ3) is 4.09. The highest BCUT2D eigenvalue weighted by Gasteiger charge is 2.59. The molecule has 2 aliphatic rings. The Bertz CT molecular complexity index is 685. The van der Waals surface area contributed by atoms with Crippen molar-refractivity contribution >= 4 is 23.2 Å². The van der Waals surface area contributed by atoms with E-state index in [4.69, 9.17) is 27.9 Å². The summed E-state index contributed by atoms with van der Waals surface area (Å²) in [4.78, 5) is 0. The van der Waals surface area contributed by atoms with Crippen LogP contribution in [0.3, 0.4) is 0 Å². The first kappa shape index (κ1) is 22.7. The summed E-state index contributed by atoms with van der Waals surface area (Å²) in [7, 11) is 1.19. The van der Waals surface area contributed by atoms with Gasteiger partial charge >= 0.3 is 0 Å². The monoisotopic (exact) mass is 430 g/mol. The van der Waals surface area contributed by atoms with Crippen molar-refractivity contribution in [2.24, 2.45) is 22.7 Å². The second-order valence-electron chi connectivity index (χ2n) is 8.01. The van der Waals surface area contributed by atoms with Crippen molar-refractivity contribution < 1.29 is 27.0 Å². The van der Waals surface area contributed by atoms with Crippen LogP contribution in [-0.4, -0.2) is 32.6 Å². The minimum atomic E-state index is -2.37. The first-order chi connectivity index (χ1) is 12.4. The van der Waals surface area contributed by atoms with Crippen LogP contribution in [0, 0.1) is 22.7 Å². The molecule has 0 aromatic carbocycles. The Morgan fingerprint density at radius 3 is 2.33 bits per heavy atom. The lowest BCUT2D eigenvalue weighted by atomic mass is 9.78. The summed E-state index contributed by atoms with van der Waals surface area (Å²) in [6.07, 6.45) is -1.08. The van der Waals surface area contributed by atoms with Crippen molar-refractivity contribution in [1.29, 1.82) is 0 Å². The lowest BCUT2D eigenvalue weighted by molar-refractivity contribution is -0.0339. The second-order valence-corrected chi connectivity index (χ2v) is 9.02. The molecule has 2 nitrogen and oxygen atoms in total. The summed E-state index contributed by atoms with van der Waals surface area (Å²) in [5, 5.41) is 0. The van der Waals surface area contributed by atoms with Crippen molar-refractivity contribution in [3.8, 4) is 0 Å². The number of ether oxygens (including phenoxy) is 2. The molecule has 0 heterocycles. The van der Waals surface area contributed by atoms with E-state index in [1.54, 1.807) is 13.0 Å². The Hall–Kier alpha value is -0.560. The van der Waals surface area contributed by atoms with Crippen molar-refractivity contribution in [3.63, 3.8) is 0 Å². The third-order valence-electron chi connectivity index (χ3n) is 5.77. The molecule has 0 bridgehead atoms. The average Bonchev–Trinajstić information content (AvgIpc) is 3.12. The average molecular weight is 431 g/mol. The number of rotatable bonds is 7. The van der Waals surface area contributed by atoms with Crippen LogP contribution in [0.2, 0.25) is 0 Å². The fraction of sp³-hybridized carbons (Fsp3) is 0.684. The number of halogens is 6. The first-order valence-corrected chi connectivity index (χ1v) is 9.37. The van der Waals surface area contributed by atoms with Crippen LogP contribution in [0.25, 0.3) is 0 Å². The van der Waals surface area contributed by atoms with E-state index in [9.17, 15) is 17.6 Å². The third-order valence-corrected chi connectivity index (χ3v) is 6.02. The van der Waals surface area contributed by atoms with E-state index in [2.05, 4.69) is 4.74 Å². The van der Waals surface area contributed by atoms with Gasteiger partial charge in [-0.3, -0.25) is 0 Å². The van der Waals surface area contributed by atoms with E-state index >= 15 is 0 Å². The zero-order valence-corrected chi connectivity index (χ0v) is 17.4. The number of hydrogen-bond donors (Lipinski definition) is 0. The fourth-order valence-electron chi connectivity index (χ4n) is 3.92. The van der Waals surface area contributed by atoms with Gasteiger partial charge in [0.25, 0.3) is 0 Å². The maximum absolute atomic E-state index is 14.6. The Balaban J connectivity index is 2.15. The van der Waals surface area contributed by atoms with Crippen LogP contribution < -0.4 is 0 Å². The summed E-state index contributed by atoms with van der Waals surface area (Å²) < 4.78 is 68.2. The molecule has 0 amide bonds. The smallest absolute Gasteiger partial charge is 0.166 e. The predicted octanol–water partition coefficient (Wildman–Crippen LogP) is 6.36. The van der Waals surface area contributed by atoms with Crippen LogP contribution in [0.5, 0.6) is 0 Å². The van der Waals surface area contributed by atoms with Crippen LogP contribution in [-0.2, 0) is 9.47 Å². The minimum Gasteiger partial charge on any atom is -0.380 e. The van der Waals surface area contributed by atoms with Gasteiger partial charge in [0.05, 0.1) is 30.3 Å². The van der Waals surface area contributed by atoms with Crippen LogP contribution in [0.1, 0.15) is 27.7 Å². The molecule has 0 aromatic rings. The molecule has 0 N–H and O–H groups in total. The van der Waals surface area contributed by atoms with Gasteiger partial charge < -0.3 is 9.47 Å². The molecule has 0 spiro atoms. The fourth-order valence-corrected chi connectivity index (χ4v) is 4.19. The molecule has 5 unspecified atom stereocenters. The molecule has 1 saturated carbocycles. The molecule has 27 heavy (non-hydrogen) atoms. The molecule has 0 aromatic heterocycles. The van der Waals surface area contributed by atoms with Gasteiger partial charge in [-0.1, -0.05) is 43.1 Å². The first-order valence-electron chi connectivity index (χ1n) is 8.61. The number of allylic oxidation sites excluding steroid dienone is 2. The van der Waals surface area contributed by atoms with Gasteiger partial charge in [-0.05, 0) is 31.1 Å². The van der Waals surface area contributed by atoms with Crippen LogP contribution in [0.15, 0.2) is 33.6 Å². The largest absolute Gasteiger partial charge is 0.380 e. The van der Waals surface area contributed by atoms with Gasteiger partial charge in [-0.15, -0.1) is 0 Å².